The van der Waals surface area contributed by atoms with Gasteiger partial charge in [-0.2, -0.15) is 0 Å². The molecule has 84 valence electrons. The summed E-state index contributed by atoms with van der Waals surface area (Å²) in [5, 5.41) is 9.52. The number of benzene rings is 1. The lowest BCUT2D eigenvalue weighted by atomic mass is 10.0. The summed E-state index contributed by atoms with van der Waals surface area (Å²) in [6, 6.07) is 4.77. The summed E-state index contributed by atoms with van der Waals surface area (Å²) in [6.07, 6.45) is 3.07. The van der Waals surface area contributed by atoms with E-state index in [2.05, 4.69) is 0 Å². The van der Waals surface area contributed by atoms with Crippen LogP contribution in [0.5, 0.6) is 0 Å². The Kier molecular flexibility index (Phi) is 5.06. The third-order valence-corrected chi connectivity index (χ3v) is 2.75. The van der Waals surface area contributed by atoms with Gasteiger partial charge in [0.05, 0.1) is 11.1 Å². The summed E-state index contributed by atoms with van der Waals surface area (Å²) in [7, 11) is 0. The van der Waals surface area contributed by atoms with E-state index in [0.29, 0.717) is 0 Å². The van der Waals surface area contributed by atoms with Gasteiger partial charge in [-0.15, -0.1) is 0 Å². The van der Waals surface area contributed by atoms with Gasteiger partial charge in [-0.3, -0.25) is 0 Å². The Morgan fingerprint density at radius 3 is 2.80 bits per heavy atom. The van der Waals surface area contributed by atoms with Crippen molar-refractivity contribution < 1.29 is 9.50 Å². The molecule has 1 nitrogen and oxygen atoms in total. The molecule has 0 bridgehead atoms. The van der Waals surface area contributed by atoms with Gasteiger partial charge in [0.25, 0.3) is 0 Å². The van der Waals surface area contributed by atoms with Crippen molar-refractivity contribution in [3.05, 3.63) is 34.6 Å². The standard InChI is InChI=1S/C12H16ClFO/c1-2-10(15)5-3-4-9-6-7-12(14)11(13)8-9/h6-8,10,15H,2-5H2,1H3. The van der Waals surface area contributed by atoms with Gasteiger partial charge in [0.15, 0.2) is 0 Å². The fourth-order valence-corrected chi connectivity index (χ4v) is 1.64. The number of halogens is 2. The first kappa shape index (κ1) is 12.5. The van der Waals surface area contributed by atoms with Crippen molar-refractivity contribution in [2.24, 2.45) is 0 Å². The highest BCUT2D eigenvalue weighted by molar-refractivity contribution is 6.30. The molecular formula is C12H16ClFO. The Labute approximate surface area is 94.9 Å². The van der Waals surface area contributed by atoms with Gasteiger partial charge in [-0.25, -0.2) is 4.39 Å². The maximum absolute atomic E-state index is 12.8. The number of hydrogen-bond donors (Lipinski definition) is 1. The highest BCUT2D eigenvalue weighted by atomic mass is 35.5. The van der Waals surface area contributed by atoms with Crippen LogP contribution in [0.2, 0.25) is 5.02 Å². The Bertz CT molecular complexity index is 314. The highest BCUT2D eigenvalue weighted by Crippen LogP contribution is 2.17. The molecule has 3 heteroatoms. The number of aryl methyl sites for hydroxylation is 1. The molecule has 0 amide bonds. The summed E-state index contributed by atoms with van der Waals surface area (Å²) in [5.74, 6) is -0.381. The minimum Gasteiger partial charge on any atom is -0.393 e. The van der Waals surface area contributed by atoms with Gasteiger partial charge >= 0.3 is 0 Å². The molecule has 0 saturated heterocycles. The van der Waals surface area contributed by atoms with Crippen LogP contribution in [0, 0.1) is 5.82 Å². The van der Waals surface area contributed by atoms with Crippen molar-refractivity contribution in [2.45, 2.75) is 38.7 Å². The monoisotopic (exact) mass is 230 g/mol. The zero-order valence-corrected chi connectivity index (χ0v) is 9.60. The second kappa shape index (κ2) is 6.09. The van der Waals surface area contributed by atoms with Crippen molar-refractivity contribution in [2.75, 3.05) is 0 Å². The third kappa shape index (κ3) is 4.18. The van der Waals surface area contributed by atoms with E-state index in [1.165, 1.54) is 6.07 Å². The molecule has 0 heterocycles. The van der Waals surface area contributed by atoms with E-state index >= 15 is 0 Å². The number of hydrogen-bond acceptors (Lipinski definition) is 1. The molecule has 0 spiro atoms. The smallest absolute Gasteiger partial charge is 0.141 e. The summed E-state index contributed by atoms with van der Waals surface area (Å²) in [4.78, 5) is 0. The summed E-state index contributed by atoms with van der Waals surface area (Å²) in [5.41, 5.74) is 1.02. The van der Waals surface area contributed by atoms with Crippen LogP contribution in [-0.4, -0.2) is 11.2 Å². The van der Waals surface area contributed by atoms with Gasteiger partial charge in [-0.05, 0) is 43.4 Å². The zero-order valence-electron chi connectivity index (χ0n) is 8.84. The predicted octanol–water partition coefficient (Wildman–Crippen LogP) is 3.57. The first-order valence-electron chi connectivity index (χ1n) is 5.25. The van der Waals surface area contributed by atoms with Gasteiger partial charge in [0.2, 0.25) is 0 Å². The van der Waals surface area contributed by atoms with E-state index in [1.54, 1.807) is 12.1 Å². The van der Waals surface area contributed by atoms with Crippen LogP contribution in [0.1, 0.15) is 31.7 Å². The van der Waals surface area contributed by atoms with Crippen LogP contribution in [0.4, 0.5) is 4.39 Å². The molecule has 1 aromatic carbocycles. The lowest BCUT2D eigenvalue weighted by Gasteiger charge is -2.07. The first-order valence-corrected chi connectivity index (χ1v) is 5.63. The molecule has 1 unspecified atom stereocenters. The van der Waals surface area contributed by atoms with Crippen LogP contribution >= 0.6 is 11.6 Å². The van der Waals surface area contributed by atoms with Crippen LogP contribution < -0.4 is 0 Å². The maximum Gasteiger partial charge on any atom is 0.141 e. The molecule has 0 radical (unpaired) electrons. The number of rotatable bonds is 5. The normalized spacial score (nSPS) is 12.8. The Morgan fingerprint density at radius 2 is 2.20 bits per heavy atom. The van der Waals surface area contributed by atoms with E-state index in [9.17, 15) is 9.50 Å². The van der Waals surface area contributed by atoms with Crippen LogP contribution in [0.25, 0.3) is 0 Å². The molecule has 0 fully saturated rings. The maximum atomic E-state index is 12.8. The second-order valence-corrected chi connectivity index (χ2v) is 4.11. The van der Waals surface area contributed by atoms with Crippen molar-refractivity contribution in [3.63, 3.8) is 0 Å². The van der Waals surface area contributed by atoms with E-state index in [1.807, 2.05) is 6.92 Å². The fourth-order valence-electron chi connectivity index (χ4n) is 1.44. The fraction of sp³-hybridized carbons (Fsp3) is 0.500. The lowest BCUT2D eigenvalue weighted by molar-refractivity contribution is 0.158. The number of aliphatic hydroxyl groups excluding tert-OH is 1. The Balaban J connectivity index is 2.41. The molecule has 0 saturated carbocycles. The van der Waals surface area contributed by atoms with E-state index in [0.717, 1.165) is 31.2 Å². The largest absolute Gasteiger partial charge is 0.393 e. The Hall–Kier alpha value is -0.600. The highest BCUT2D eigenvalue weighted by Gasteiger charge is 2.03. The van der Waals surface area contributed by atoms with Crippen molar-refractivity contribution >= 4 is 11.6 Å². The average Bonchev–Trinajstić information content (AvgIpc) is 2.23. The zero-order chi connectivity index (χ0) is 11.3. The molecule has 0 aromatic heterocycles. The van der Waals surface area contributed by atoms with Gasteiger partial charge in [0.1, 0.15) is 5.82 Å². The summed E-state index contributed by atoms with van der Waals surface area (Å²) >= 11 is 5.66. The van der Waals surface area contributed by atoms with Crippen molar-refractivity contribution in [1.29, 1.82) is 0 Å². The topological polar surface area (TPSA) is 20.2 Å². The molecular weight excluding hydrogens is 215 g/mol. The molecule has 1 aromatic rings. The molecule has 0 aliphatic heterocycles. The minimum absolute atomic E-state index is 0.170. The van der Waals surface area contributed by atoms with E-state index in [4.69, 9.17) is 11.6 Å². The van der Waals surface area contributed by atoms with E-state index in [-0.39, 0.29) is 16.9 Å². The van der Waals surface area contributed by atoms with Gasteiger partial charge < -0.3 is 5.11 Å². The predicted molar refractivity (Wildman–Crippen MR) is 60.6 cm³/mol. The second-order valence-electron chi connectivity index (χ2n) is 3.70. The van der Waals surface area contributed by atoms with Crippen molar-refractivity contribution in [3.8, 4) is 0 Å². The van der Waals surface area contributed by atoms with Crippen molar-refractivity contribution in [1.82, 2.24) is 0 Å². The molecule has 15 heavy (non-hydrogen) atoms. The Morgan fingerprint density at radius 1 is 1.47 bits per heavy atom. The number of aliphatic hydroxyl groups is 1. The molecule has 1 atom stereocenters. The third-order valence-electron chi connectivity index (χ3n) is 2.46. The molecule has 1 rings (SSSR count). The average molecular weight is 231 g/mol. The van der Waals surface area contributed by atoms with Crippen LogP contribution in [0.15, 0.2) is 18.2 Å². The first-order chi connectivity index (χ1) is 7.13. The van der Waals surface area contributed by atoms with Crippen LogP contribution in [-0.2, 0) is 6.42 Å². The molecule has 0 aliphatic rings. The van der Waals surface area contributed by atoms with Gasteiger partial charge in [-0.1, -0.05) is 24.6 Å². The quantitative estimate of drug-likeness (QED) is 0.820. The molecule has 0 aliphatic carbocycles. The minimum atomic E-state index is -0.381. The lowest BCUT2D eigenvalue weighted by Crippen LogP contribution is -2.04. The SMILES string of the molecule is CCC(O)CCCc1ccc(F)c(Cl)c1. The summed E-state index contributed by atoms with van der Waals surface area (Å²) in [6.45, 7) is 1.96. The van der Waals surface area contributed by atoms with Gasteiger partial charge in [0, 0.05) is 0 Å². The molecule has 1 N–H and O–H groups in total. The summed E-state index contributed by atoms with van der Waals surface area (Å²) < 4.78 is 12.8. The van der Waals surface area contributed by atoms with E-state index < -0.39 is 0 Å². The van der Waals surface area contributed by atoms with Crippen LogP contribution in [0.3, 0.4) is 0 Å².